The number of nitrogens with zero attached hydrogens (tertiary/aromatic N) is 1. The number of benzene rings is 2. The highest BCUT2D eigenvalue weighted by atomic mass is 19.1. The zero-order valence-electron chi connectivity index (χ0n) is 16.7. The largest absolute Gasteiger partial charge is 0.444 e. The first-order chi connectivity index (χ1) is 13.2. The molecule has 1 heterocycles. The Labute approximate surface area is 165 Å². The number of amides is 1. The second-order valence-electron chi connectivity index (χ2n) is 8.38. The van der Waals surface area contributed by atoms with Crippen molar-refractivity contribution in [1.29, 1.82) is 0 Å². The molecule has 5 heteroatoms. The van der Waals surface area contributed by atoms with Crippen LogP contribution in [0.25, 0.3) is 0 Å². The van der Waals surface area contributed by atoms with Gasteiger partial charge in [-0.15, -0.1) is 0 Å². The van der Waals surface area contributed by atoms with Gasteiger partial charge in [-0.2, -0.15) is 0 Å². The summed E-state index contributed by atoms with van der Waals surface area (Å²) in [4.78, 5) is 14.0. The lowest BCUT2D eigenvalue weighted by Crippen LogP contribution is -2.47. The maximum atomic E-state index is 13.5. The number of likely N-dealkylation sites (tertiary alicyclic amines) is 1. The van der Waals surface area contributed by atoms with E-state index in [-0.39, 0.29) is 17.8 Å². The fraction of sp³-hybridized carbons (Fsp3) is 0.435. The van der Waals surface area contributed by atoms with Crippen LogP contribution in [0.1, 0.15) is 44.7 Å². The molecule has 0 saturated carbocycles. The van der Waals surface area contributed by atoms with Gasteiger partial charge in [-0.25, -0.2) is 9.18 Å². The summed E-state index contributed by atoms with van der Waals surface area (Å²) in [5.74, 6) is -0.432. The van der Waals surface area contributed by atoms with E-state index in [4.69, 9.17) is 4.74 Å². The van der Waals surface area contributed by atoms with Crippen LogP contribution in [-0.2, 0) is 10.3 Å². The molecule has 1 aliphatic heterocycles. The van der Waals surface area contributed by atoms with Gasteiger partial charge in [0.15, 0.2) is 0 Å². The number of carbonyl (C=O) groups is 1. The smallest absolute Gasteiger partial charge is 0.410 e. The number of hydrogen-bond donors (Lipinski definition) is 1. The number of rotatable bonds is 3. The molecule has 0 unspecified atom stereocenters. The highest BCUT2D eigenvalue weighted by Crippen LogP contribution is 2.42. The first-order valence-electron chi connectivity index (χ1n) is 9.72. The van der Waals surface area contributed by atoms with Crippen LogP contribution in [0.15, 0.2) is 54.6 Å². The average Bonchev–Trinajstić information content (AvgIpc) is 2.67. The van der Waals surface area contributed by atoms with Crippen molar-refractivity contribution in [2.75, 3.05) is 13.1 Å². The van der Waals surface area contributed by atoms with E-state index < -0.39 is 11.2 Å². The van der Waals surface area contributed by atoms with Crippen LogP contribution in [0.4, 0.5) is 9.18 Å². The first-order valence-corrected chi connectivity index (χ1v) is 9.72. The normalized spacial score (nSPS) is 17.8. The second-order valence-corrected chi connectivity index (χ2v) is 8.38. The summed E-state index contributed by atoms with van der Waals surface area (Å²) in [5.41, 5.74) is -0.338. The Hall–Kier alpha value is -2.40. The molecule has 3 rings (SSSR count). The van der Waals surface area contributed by atoms with Crippen molar-refractivity contribution in [2.45, 2.75) is 44.8 Å². The van der Waals surface area contributed by atoms with E-state index in [1.165, 1.54) is 12.1 Å². The van der Waals surface area contributed by atoms with Crippen LogP contribution in [0.3, 0.4) is 0 Å². The minimum Gasteiger partial charge on any atom is -0.444 e. The summed E-state index contributed by atoms with van der Waals surface area (Å²) in [7, 11) is 0. The minimum atomic E-state index is -1.24. The molecular formula is C23H28FNO3. The molecule has 1 atom stereocenters. The van der Waals surface area contributed by atoms with Crippen LogP contribution in [0.2, 0.25) is 0 Å². The van der Waals surface area contributed by atoms with Crippen molar-refractivity contribution >= 4 is 6.09 Å². The lowest BCUT2D eigenvalue weighted by molar-refractivity contribution is -0.0238. The summed E-state index contributed by atoms with van der Waals surface area (Å²) >= 11 is 0. The van der Waals surface area contributed by atoms with Crippen LogP contribution >= 0.6 is 0 Å². The average molecular weight is 385 g/mol. The number of hydrogen-bond acceptors (Lipinski definition) is 3. The summed E-state index contributed by atoms with van der Waals surface area (Å²) in [5, 5.41) is 11.8. The molecule has 1 N–H and O–H groups in total. The highest BCUT2D eigenvalue weighted by molar-refractivity contribution is 5.68. The predicted octanol–water partition coefficient (Wildman–Crippen LogP) is 4.71. The van der Waals surface area contributed by atoms with E-state index >= 15 is 0 Å². The maximum absolute atomic E-state index is 13.5. The molecule has 2 aromatic rings. The Morgan fingerprint density at radius 1 is 1.00 bits per heavy atom. The Balaban J connectivity index is 1.83. The zero-order chi connectivity index (χ0) is 20.4. The Kier molecular flexibility index (Phi) is 5.75. The van der Waals surface area contributed by atoms with Gasteiger partial charge in [0, 0.05) is 13.1 Å². The van der Waals surface area contributed by atoms with E-state index in [1.807, 2.05) is 51.1 Å². The lowest BCUT2D eigenvalue weighted by atomic mass is 9.72. The van der Waals surface area contributed by atoms with Crippen molar-refractivity contribution in [3.63, 3.8) is 0 Å². The van der Waals surface area contributed by atoms with Crippen molar-refractivity contribution in [1.82, 2.24) is 4.90 Å². The van der Waals surface area contributed by atoms with Gasteiger partial charge in [-0.1, -0.05) is 42.5 Å². The van der Waals surface area contributed by atoms with Gasteiger partial charge in [0.25, 0.3) is 0 Å². The minimum absolute atomic E-state index is 0.0981. The molecular weight excluding hydrogens is 357 g/mol. The summed E-state index contributed by atoms with van der Waals surface area (Å²) in [6, 6.07) is 15.5. The Morgan fingerprint density at radius 2 is 1.54 bits per heavy atom. The van der Waals surface area contributed by atoms with Crippen LogP contribution in [0.5, 0.6) is 0 Å². The summed E-state index contributed by atoms with van der Waals surface area (Å²) < 4.78 is 18.9. The van der Waals surface area contributed by atoms with Crippen molar-refractivity contribution in [3.8, 4) is 0 Å². The van der Waals surface area contributed by atoms with E-state index in [1.54, 1.807) is 17.0 Å². The van der Waals surface area contributed by atoms with Gasteiger partial charge in [-0.05, 0) is 62.8 Å². The number of ether oxygens (including phenoxy) is 1. The third kappa shape index (κ3) is 4.36. The number of aliphatic hydroxyl groups is 1. The summed E-state index contributed by atoms with van der Waals surface area (Å²) in [6.45, 7) is 6.56. The lowest BCUT2D eigenvalue weighted by Gasteiger charge is -2.42. The van der Waals surface area contributed by atoms with E-state index in [0.717, 1.165) is 5.56 Å². The highest BCUT2D eigenvalue weighted by Gasteiger charge is 2.42. The zero-order valence-corrected chi connectivity index (χ0v) is 16.7. The number of carbonyl (C=O) groups excluding carboxylic acids is 1. The summed E-state index contributed by atoms with van der Waals surface area (Å²) in [6.07, 6.45) is 0.931. The molecule has 0 bridgehead atoms. The Bertz CT molecular complexity index is 793. The molecule has 1 aliphatic rings. The van der Waals surface area contributed by atoms with Crippen molar-refractivity contribution in [3.05, 3.63) is 71.5 Å². The molecule has 1 saturated heterocycles. The van der Waals surface area contributed by atoms with Crippen LogP contribution in [-0.4, -0.2) is 34.8 Å². The van der Waals surface area contributed by atoms with Gasteiger partial charge in [0.05, 0.1) is 0 Å². The van der Waals surface area contributed by atoms with E-state index in [0.29, 0.717) is 31.5 Å². The van der Waals surface area contributed by atoms with Crippen molar-refractivity contribution < 1.29 is 19.0 Å². The van der Waals surface area contributed by atoms with Crippen molar-refractivity contribution in [2.24, 2.45) is 5.92 Å². The van der Waals surface area contributed by atoms with Gasteiger partial charge in [0.2, 0.25) is 0 Å². The molecule has 2 aromatic carbocycles. The fourth-order valence-corrected chi connectivity index (χ4v) is 3.84. The third-order valence-corrected chi connectivity index (χ3v) is 5.24. The van der Waals surface area contributed by atoms with Crippen LogP contribution < -0.4 is 0 Å². The maximum Gasteiger partial charge on any atom is 0.410 e. The topological polar surface area (TPSA) is 49.8 Å². The van der Waals surface area contributed by atoms with E-state index in [2.05, 4.69) is 0 Å². The molecule has 1 fully saturated rings. The molecule has 1 amide bonds. The quantitative estimate of drug-likeness (QED) is 0.833. The van der Waals surface area contributed by atoms with Gasteiger partial charge in [0.1, 0.15) is 17.0 Å². The standard InChI is InChI=1S/C23H28FNO3/c1-22(2,3)28-21(26)25-15-13-19(14-16-25)23(27,17-7-5-4-6-8-17)18-9-11-20(24)12-10-18/h4-12,19,27H,13-16H2,1-3H3/t23-/m0/s1. The molecule has 0 spiro atoms. The second kappa shape index (κ2) is 7.92. The molecule has 150 valence electrons. The molecule has 28 heavy (non-hydrogen) atoms. The van der Waals surface area contributed by atoms with Gasteiger partial charge in [-0.3, -0.25) is 0 Å². The monoisotopic (exact) mass is 385 g/mol. The molecule has 0 radical (unpaired) electrons. The number of halogens is 1. The molecule has 4 nitrogen and oxygen atoms in total. The van der Waals surface area contributed by atoms with E-state index in [9.17, 15) is 14.3 Å². The predicted molar refractivity (Wildman–Crippen MR) is 106 cm³/mol. The third-order valence-electron chi connectivity index (χ3n) is 5.24. The molecule has 0 aliphatic carbocycles. The fourth-order valence-electron chi connectivity index (χ4n) is 3.84. The van der Waals surface area contributed by atoms with Gasteiger partial charge >= 0.3 is 6.09 Å². The van der Waals surface area contributed by atoms with Crippen LogP contribution in [0, 0.1) is 11.7 Å². The SMILES string of the molecule is CC(C)(C)OC(=O)N1CCC([C@](O)(c2ccccc2)c2ccc(F)cc2)CC1. The van der Waals surface area contributed by atoms with Gasteiger partial charge < -0.3 is 14.7 Å². The Morgan fingerprint density at radius 3 is 2.07 bits per heavy atom. The number of piperidine rings is 1. The molecule has 0 aromatic heterocycles. The first kappa shape index (κ1) is 20.3.